The highest BCUT2D eigenvalue weighted by Gasteiger charge is 2.15. The van der Waals surface area contributed by atoms with Crippen molar-refractivity contribution in [3.05, 3.63) is 35.4 Å². The zero-order valence-electron chi connectivity index (χ0n) is 9.00. The Kier molecular flexibility index (Phi) is 4.17. The molecule has 1 aromatic rings. The Morgan fingerprint density at radius 3 is 2.67 bits per heavy atom. The molecule has 0 fully saturated rings. The summed E-state index contributed by atoms with van der Waals surface area (Å²) in [6.45, 7) is 2.97. The molecule has 1 unspecified atom stereocenters. The van der Waals surface area contributed by atoms with Gasteiger partial charge in [0.1, 0.15) is 11.6 Å². The molecule has 1 aromatic carbocycles. The number of halogens is 2. The van der Waals surface area contributed by atoms with E-state index in [0.29, 0.717) is 18.7 Å². The van der Waals surface area contributed by atoms with Crippen molar-refractivity contribution < 1.29 is 8.78 Å². The molecule has 0 radical (unpaired) electrons. The second kappa shape index (κ2) is 5.19. The number of hydrogen-bond donors (Lipinski definition) is 1. The lowest BCUT2D eigenvalue weighted by Gasteiger charge is -2.24. The average molecular weight is 214 g/mol. The van der Waals surface area contributed by atoms with Crippen LogP contribution in [0.15, 0.2) is 18.2 Å². The minimum absolute atomic E-state index is 0.177. The highest BCUT2D eigenvalue weighted by molar-refractivity contribution is 5.21. The summed E-state index contributed by atoms with van der Waals surface area (Å²) in [6.07, 6.45) is 0. The molecule has 0 saturated heterocycles. The van der Waals surface area contributed by atoms with Crippen molar-refractivity contribution in [2.75, 3.05) is 20.1 Å². The van der Waals surface area contributed by atoms with Crippen LogP contribution in [0.25, 0.3) is 0 Å². The van der Waals surface area contributed by atoms with Crippen LogP contribution in [0, 0.1) is 11.6 Å². The minimum Gasteiger partial charge on any atom is -0.329 e. The van der Waals surface area contributed by atoms with Gasteiger partial charge in [-0.2, -0.15) is 0 Å². The van der Waals surface area contributed by atoms with Gasteiger partial charge in [-0.15, -0.1) is 0 Å². The van der Waals surface area contributed by atoms with E-state index in [0.717, 1.165) is 12.1 Å². The van der Waals surface area contributed by atoms with E-state index in [1.54, 1.807) is 0 Å². The molecular formula is C11H16F2N2. The molecule has 0 aliphatic rings. The maximum absolute atomic E-state index is 13.4. The van der Waals surface area contributed by atoms with Crippen molar-refractivity contribution in [1.29, 1.82) is 0 Å². The molecule has 0 saturated carbocycles. The number of benzene rings is 1. The number of rotatable bonds is 4. The van der Waals surface area contributed by atoms with E-state index in [-0.39, 0.29) is 11.9 Å². The van der Waals surface area contributed by atoms with E-state index in [2.05, 4.69) is 0 Å². The molecule has 0 heterocycles. The molecular weight excluding hydrogens is 198 g/mol. The summed E-state index contributed by atoms with van der Waals surface area (Å²) in [5.41, 5.74) is 5.77. The maximum atomic E-state index is 13.4. The topological polar surface area (TPSA) is 29.3 Å². The zero-order chi connectivity index (χ0) is 11.4. The molecule has 0 bridgehead atoms. The van der Waals surface area contributed by atoms with E-state index in [1.807, 2.05) is 18.9 Å². The van der Waals surface area contributed by atoms with Gasteiger partial charge in [0, 0.05) is 24.7 Å². The molecule has 15 heavy (non-hydrogen) atoms. The summed E-state index contributed by atoms with van der Waals surface area (Å²) in [6, 6.07) is 3.32. The number of nitrogens with two attached hydrogens (primary N) is 1. The molecule has 1 atom stereocenters. The Balaban J connectivity index is 2.89. The molecule has 84 valence electrons. The Morgan fingerprint density at radius 1 is 1.40 bits per heavy atom. The predicted octanol–water partition coefficient (Wildman–Crippen LogP) is 1.92. The largest absolute Gasteiger partial charge is 0.329 e. The second-order valence-corrected chi connectivity index (χ2v) is 3.61. The van der Waals surface area contributed by atoms with Gasteiger partial charge < -0.3 is 5.73 Å². The van der Waals surface area contributed by atoms with E-state index in [9.17, 15) is 8.78 Å². The van der Waals surface area contributed by atoms with Gasteiger partial charge in [0.15, 0.2) is 0 Å². The minimum atomic E-state index is -0.417. The summed E-state index contributed by atoms with van der Waals surface area (Å²) in [7, 11) is 1.84. The van der Waals surface area contributed by atoms with Gasteiger partial charge in [-0.05, 0) is 32.2 Å². The summed E-state index contributed by atoms with van der Waals surface area (Å²) < 4.78 is 26.3. The van der Waals surface area contributed by atoms with Gasteiger partial charge >= 0.3 is 0 Å². The van der Waals surface area contributed by atoms with Crippen LogP contribution in [0.1, 0.15) is 18.5 Å². The summed E-state index contributed by atoms with van der Waals surface area (Å²) >= 11 is 0. The van der Waals surface area contributed by atoms with Crippen molar-refractivity contribution in [3.63, 3.8) is 0 Å². The number of hydrogen-bond acceptors (Lipinski definition) is 2. The fraction of sp³-hybridized carbons (Fsp3) is 0.455. The Bertz CT molecular complexity index is 328. The van der Waals surface area contributed by atoms with Crippen LogP contribution in [0.5, 0.6) is 0 Å². The first-order valence-corrected chi connectivity index (χ1v) is 4.91. The molecule has 2 nitrogen and oxygen atoms in total. The van der Waals surface area contributed by atoms with E-state index >= 15 is 0 Å². The van der Waals surface area contributed by atoms with Crippen LogP contribution in [0.4, 0.5) is 8.78 Å². The molecule has 0 aliphatic carbocycles. The van der Waals surface area contributed by atoms with Gasteiger partial charge in [0.25, 0.3) is 0 Å². The molecule has 2 N–H and O–H groups in total. The fourth-order valence-electron chi connectivity index (χ4n) is 1.47. The van der Waals surface area contributed by atoms with Gasteiger partial charge in [-0.25, -0.2) is 8.78 Å². The quantitative estimate of drug-likeness (QED) is 0.829. The second-order valence-electron chi connectivity index (χ2n) is 3.61. The summed E-state index contributed by atoms with van der Waals surface area (Å²) in [5.74, 6) is -0.799. The van der Waals surface area contributed by atoms with Crippen LogP contribution < -0.4 is 5.73 Å². The Morgan fingerprint density at radius 2 is 2.07 bits per heavy atom. The highest BCUT2D eigenvalue weighted by atomic mass is 19.1. The van der Waals surface area contributed by atoms with Gasteiger partial charge in [-0.1, -0.05) is 0 Å². The molecule has 0 aromatic heterocycles. The van der Waals surface area contributed by atoms with Crippen molar-refractivity contribution >= 4 is 0 Å². The molecule has 4 heteroatoms. The number of nitrogens with zero attached hydrogens (tertiary/aromatic N) is 1. The van der Waals surface area contributed by atoms with Crippen molar-refractivity contribution in [3.8, 4) is 0 Å². The first kappa shape index (κ1) is 12.1. The van der Waals surface area contributed by atoms with E-state index < -0.39 is 5.82 Å². The molecule has 0 aliphatic heterocycles. The van der Waals surface area contributed by atoms with E-state index in [4.69, 9.17) is 5.73 Å². The van der Waals surface area contributed by atoms with Crippen molar-refractivity contribution in [2.45, 2.75) is 13.0 Å². The number of likely N-dealkylation sites (N-methyl/N-ethyl adjacent to an activating group) is 1. The van der Waals surface area contributed by atoms with Crippen LogP contribution in [-0.2, 0) is 0 Å². The Hall–Kier alpha value is -1.00. The predicted molar refractivity (Wildman–Crippen MR) is 56.5 cm³/mol. The first-order valence-electron chi connectivity index (χ1n) is 4.91. The van der Waals surface area contributed by atoms with E-state index in [1.165, 1.54) is 6.07 Å². The maximum Gasteiger partial charge on any atom is 0.128 e. The summed E-state index contributed by atoms with van der Waals surface area (Å²) in [5, 5.41) is 0. The third-order valence-corrected chi connectivity index (χ3v) is 2.55. The normalized spacial score (nSPS) is 13.2. The van der Waals surface area contributed by atoms with Crippen LogP contribution >= 0.6 is 0 Å². The van der Waals surface area contributed by atoms with Gasteiger partial charge in [-0.3, -0.25) is 4.90 Å². The lowest BCUT2D eigenvalue weighted by molar-refractivity contribution is 0.262. The van der Waals surface area contributed by atoms with Gasteiger partial charge in [0.05, 0.1) is 0 Å². The average Bonchev–Trinajstić information content (AvgIpc) is 2.21. The van der Waals surface area contributed by atoms with Crippen LogP contribution in [-0.4, -0.2) is 25.0 Å². The van der Waals surface area contributed by atoms with Crippen LogP contribution in [0.3, 0.4) is 0 Å². The molecule has 1 rings (SSSR count). The first-order chi connectivity index (χ1) is 7.06. The fourth-order valence-corrected chi connectivity index (χ4v) is 1.47. The Labute approximate surface area is 88.7 Å². The monoisotopic (exact) mass is 214 g/mol. The molecule has 0 spiro atoms. The summed E-state index contributed by atoms with van der Waals surface area (Å²) in [4.78, 5) is 1.89. The van der Waals surface area contributed by atoms with Crippen LogP contribution in [0.2, 0.25) is 0 Å². The third kappa shape index (κ3) is 2.97. The lowest BCUT2D eigenvalue weighted by atomic mass is 10.1. The molecule has 0 amide bonds. The van der Waals surface area contributed by atoms with Crippen molar-refractivity contribution in [2.24, 2.45) is 5.73 Å². The highest BCUT2D eigenvalue weighted by Crippen LogP contribution is 2.22. The smallest absolute Gasteiger partial charge is 0.128 e. The van der Waals surface area contributed by atoms with Crippen molar-refractivity contribution in [1.82, 2.24) is 4.90 Å². The van der Waals surface area contributed by atoms with Gasteiger partial charge in [0.2, 0.25) is 0 Å². The third-order valence-electron chi connectivity index (χ3n) is 2.55. The standard InChI is InChI=1S/C11H16F2N2/c1-8(15(2)6-5-14)10-7-9(12)3-4-11(10)13/h3-4,7-8H,5-6,14H2,1-2H3. The lowest BCUT2D eigenvalue weighted by Crippen LogP contribution is -2.28. The zero-order valence-corrected chi connectivity index (χ0v) is 9.00. The SMILES string of the molecule is CC(c1cc(F)ccc1F)N(C)CCN.